The fourth-order valence-electron chi connectivity index (χ4n) is 2.71. The van der Waals surface area contributed by atoms with Crippen molar-refractivity contribution in [3.63, 3.8) is 0 Å². The summed E-state index contributed by atoms with van der Waals surface area (Å²) >= 11 is 0. The summed E-state index contributed by atoms with van der Waals surface area (Å²) in [5, 5.41) is 2.84. The Morgan fingerprint density at radius 2 is 1.52 bits per heavy atom. The average molecular weight is 401 g/mol. The van der Waals surface area contributed by atoms with E-state index in [0.29, 0.717) is 35.4 Å². The minimum atomic E-state index is -0.240. The molecule has 29 heavy (non-hydrogen) atoms. The Morgan fingerprint density at radius 3 is 2.14 bits per heavy atom. The summed E-state index contributed by atoms with van der Waals surface area (Å²) < 4.78 is 26.8. The highest BCUT2D eigenvalue weighted by molar-refractivity contribution is 5.91. The summed E-state index contributed by atoms with van der Waals surface area (Å²) in [6.07, 6.45) is 3.17. The lowest BCUT2D eigenvalue weighted by atomic mass is 10.1. The maximum absolute atomic E-state index is 12.3. The van der Waals surface area contributed by atoms with E-state index in [1.54, 1.807) is 52.7 Å². The maximum atomic E-state index is 12.3. The molecule has 2 aromatic rings. The van der Waals surface area contributed by atoms with Gasteiger partial charge in [0, 0.05) is 24.3 Å². The predicted octanol–water partition coefficient (Wildman–Crippen LogP) is 3.45. The Bertz CT molecular complexity index is 863. The van der Waals surface area contributed by atoms with Crippen molar-refractivity contribution in [2.75, 3.05) is 35.0 Å². The van der Waals surface area contributed by atoms with Gasteiger partial charge in [-0.05, 0) is 36.8 Å². The number of hydrogen-bond donors (Lipinski definition) is 1. The predicted molar refractivity (Wildman–Crippen MR) is 111 cm³/mol. The van der Waals surface area contributed by atoms with Gasteiger partial charge in [-0.2, -0.15) is 0 Å². The number of carbonyl (C=O) groups excluding carboxylic acids is 1. The number of rotatable bonds is 10. The molecule has 7 heteroatoms. The van der Waals surface area contributed by atoms with Crippen molar-refractivity contribution in [1.29, 1.82) is 0 Å². The minimum absolute atomic E-state index is 0.240. The molecule has 0 aromatic heterocycles. The molecular formula is C22H27NO6. The van der Waals surface area contributed by atoms with E-state index in [9.17, 15) is 4.79 Å². The highest BCUT2D eigenvalue weighted by Gasteiger charge is 2.12. The number of carbonyl (C=O) groups is 1. The monoisotopic (exact) mass is 401 g/mol. The van der Waals surface area contributed by atoms with Crippen LogP contribution in [0.5, 0.6) is 28.7 Å². The van der Waals surface area contributed by atoms with Crippen LogP contribution in [0.4, 0.5) is 0 Å². The molecule has 1 N–H and O–H groups in total. The minimum Gasteiger partial charge on any atom is -0.496 e. The number of benzene rings is 2. The highest BCUT2D eigenvalue weighted by Crippen LogP contribution is 2.34. The van der Waals surface area contributed by atoms with E-state index in [1.165, 1.54) is 6.08 Å². The van der Waals surface area contributed by atoms with Gasteiger partial charge in [0.1, 0.15) is 5.75 Å². The lowest BCUT2D eigenvalue weighted by molar-refractivity contribution is -0.116. The van der Waals surface area contributed by atoms with Crippen LogP contribution in [0, 0.1) is 0 Å². The summed E-state index contributed by atoms with van der Waals surface area (Å²) in [7, 11) is 6.26. The van der Waals surface area contributed by atoms with E-state index in [0.717, 1.165) is 11.1 Å². The number of methoxy groups -OCH3 is 4. The largest absolute Gasteiger partial charge is 0.496 e. The quantitative estimate of drug-likeness (QED) is 0.615. The normalized spacial score (nSPS) is 10.5. The SMILES string of the molecule is CCOc1cc(/C=C/C(=O)NCc2cc(OC)c(OC)cc2OC)ccc1OC. The van der Waals surface area contributed by atoms with Gasteiger partial charge < -0.3 is 29.0 Å². The summed E-state index contributed by atoms with van der Waals surface area (Å²) in [6, 6.07) is 8.98. The van der Waals surface area contributed by atoms with E-state index in [1.807, 2.05) is 19.1 Å². The fraction of sp³-hybridized carbons (Fsp3) is 0.318. The van der Waals surface area contributed by atoms with Crippen LogP contribution >= 0.6 is 0 Å². The Hall–Kier alpha value is -3.35. The zero-order chi connectivity index (χ0) is 21.2. The van der Waals surface area contributed by atoms with E-state index in [-0.39, 0.29) is 12.5 Å². The van der Waals surface area contributed by atoms with Crippen molar-refractivity contribution in [2.24, 2.45) is 0 Å². The standard InChI is InChI=1S/C22H27NO6/c1-6-29-21-11-15(7-9-17(21)25-2)8-10-22(24)23-14-16-12-19(27-4)20(28-5)13-18(16)26-3/h7-13H,6,14H2,1-5H3,(H,23,24)/b10-8+. The van der Waals surface area contributed by atoms with Crippen LogP contribution in [0.15, 0.2) is 36.4 Å². The molecule has 0 unspecified atom stereocenters. The fourth-order valence-corrected chi connectivity index (χ4v) is 2.71. The number of ether oxygens (including phenoxy) is 5. The third-order valence-corrected chi connectivity index (χ3v) is 4.15. The van der Waals surface area contributed by atoms with Crippen LogP contribution in [0.3, 0.4) is 0 Å². The Kier molecular flexibility index (Phi) is 8.21. The second-order valence-corrected chi connectivity index (χ2v) is 5.91. The lowest BCUT2D eigenvalue weighted by Crippen LogP contribution is -2.20. The first-order valence-corrected chi connectivity index (χ1v) is 9.11. The van der Waals surface area contributed by atoms with Gasteiger partial charge in [-0.1, -0.05) is 6.07 Å². The van der Waals surface area contributed by atoms with Crippen LogP contribution in [0.25, 0.3) is 6.08 Å². The van der Waals surface area contributed by atoms with Crippen molar-refractivity contribution in [3.05, 3.63) is 47.5 Å². The zero-order valence-corrected chi connectivity index (χ0v) is 17.4. The highest BCUT2D eigenvalue weighted by atomic mass is 16.5. The molecule has 0 bridgehead atoms. The molecular weight excluding hydrogens is 374 g/mol. The van der Waals surface area contributed by atoms with E-state index >= 15 is 0 Å². The molecule has 0 aliphatic rings. The van der Waals surface area contributed by atoms with Gasteiger partial charge in [-0.3, -0.25) is 4.79 Å². The lowest BCUT2D eigenvalue weighted by Gasteiger charge is -2.14. The summed E-state index contributed by atoms with van der Waals surface area (Å²) in [6.45, 7) is 2.70. The summed E-state index contributed by atoms with van der Waals surface area (Å²) in [5.74, 6) is 2.76. The van der Waals surface area contributed by atoms with Crippen LogP contribution < -0.4 is 29.0 Å². The topological polar surface area (TPSA) is 75.3 Å². The molecule has 2 rings (SSSR count). The van der Waals surface area contributed by atoms with E-state index < -0.39 is 0 Å². The average Bonchev–Trinajstić information content (AvgIpc) is 2.75. The molecule has 0 spiro atoms. The molecule has 0 radical (unpaired) electrons. The van der Waals surface area contributed by atoms with Crippen LogP contribution in [0.1, 0.15) is 18.1 Å². The molecule has 0 atom stereocenters. The first-order valence-electron chi connectivity index (χ1n) is 9.11. The van der Waals surface area contributed by atoms with Crippen molar-refractivity contribution in [3.8, 4) is 28.7 Å². The second kappa shape index (κ2) is 10.8. The molecule has 0 fully saturated rings. The Morgan fingerprint density at radius 1 is 0.862 bits per heavy atom. The Balaban J connectivity index is 2.07. The second-order valence-electron chi connectivity index (χ2n) is 5.91. The first kappa shape index (κ1) is 21.9. The molecule has 2 aromatic carbocycles. The van der Waals surface area contributed by atoms with Gasteiger partial charge in [-0.25, -0.2) is 0 Å². The maximum Gasteiger partial charge on any atom is 0.244 e. The van der Waals surface area contributed by atoms with E-state index in [2.05, 4.69) is 5.32 Å². The molecule has 156 valence electrons. The third kappa shape index (κ3) is 5.81. The van der Waals surface area contributed by atoms with Gasteiger partial charge >= 0.3 is 0 Å². The van der Waals surface area contributed by atoms with Gasteiger partial charge in [0.15, 0.2) is 23.0 Å². The first-order chi connectivity index (χ1) is 14.1. The molecule has 0 saturated heterocycles. The molecule has 0 aliphatic carbocycles. The van der Waals surface area contributed by atoms with Gasteiger partial charge in [0.05, 0.1) is 35.0 Å². The third-order valence-electron chi connectivity index (χ3n) is 4.15. The van der Waals surface area contributed by atoms with E-state index in [4.69, 9.17) is 23.7 Å². The van der Waals surface area contributed by atoms with Gasteiger partial charge in [0.2, 0.25) is 5.91 Å². The summed E-state index contributed by atoms with van der Waals surface area (Å²) in [5.41, 5.74) is 1.60. The Labute approximate surface area is 171 Å². The number of hydrogen-bond acceptors (Lipinski definition) is 6. The van der Waals surface area contributed by atoms with Crippen LogP contribution in [-0.2, 0) is 11.3 Å². The van der Waals surface area contributed by atoms with Crippen LogP contribution in [-0.4, -0.2) is 41.0 Å². The zero-order valence-electron chi connectivity index (χ0n) is 17.4. The molecule has 0 heterocycles. The van der Waals surface area contributed by atoms with Crippen molar-refractivity contribution >= 4 is 12.0 Å². The van der Waals surface area contributed by atoms with Crippen LogP contribution in [0.2, 0.25) is 0 Å². The molecule has 7 nitrogen and oxygen atoms in total. The number of nitrogens with one attached hydrogen (secondary N) is 1. The van der Waals surface area contributed by atoms with Gasteiger partial charge in [-0.15, -0.1) is 0 Å². The van der Waals surface area contributed by atoms with Crippen molar-refractivity contribution in [1.82, 2.24) is 5.32 Å². The number of amides is 1. The summed E-state index contributed by atoms with van der Waals surface area (Å²) in [4.78, 5) is 12.3. The molecule has 0 aliphatic heterocycles. The van der Waals surface area contributed by atoms with Gasteiger partial charge in [0.25, 0.3) is 0 Å². The van der Waals surface area contributed by atoms with Crippen molar-refractivity contribution < 1.29 is 28.5 Å². The van der Waals surface area contributed by atoms with Crippen molar-refractivity contribution in [2.45, 2.75) is 13.5 Å². The molecule has 0 saturated carbocycles. The smallest absolute Gasteiger partial charge is 0.244 e. The molecule has 1 amide bonds.